The first-order valence-electron chi connectivity index (χ1n) is 7.23. The molecule has 1 aliphatic carbocycles. The standard InChI is InChI=1S/C15H28IO/c1-4-6-7-11-17(15(16)5-2)14-10-8-9-13(3)12-14/h12-13,15H,4-11H2,1-3H3/q+1/t13-,15?/m0/s1. The molecular weight excluding hydrogens is 323 g/mol. The minimum atomic E-state index is 0.598. The van der Waals surface area contributed by atoms with Crippen molar-refractivity contribution in [3.8, 4) is 0 Å². The zero-order valence-electron chi connectivity index (χ0n) is 11.7. The Kier molecular flexibility index (Phi) is 7.56. The van der Waals surface area contributed by atoms with Crippen LogP contribution in [-0.2, 0) is 4.37 Å². The molecule has 1 aliphatic rings. The lowest BCUT2D eigenvalue weighted by Gasteiger charge is -2.33. The number of hydrogen-bond donors (Lipinski definition) is 0. The van der Waals surface area contributed by atoms with Crippen molar-refractivity contribution in [2.24, 2.45) is 5.92 Å². The molecule has 2 atom stereocenters. The van der Waals surface area contributed by atoms with E-state index in [0.29, 0.717) is 4.11 Å². The fourth-order valence-electron chi connectivity index (χ4n) is 2.43. The van der Waals surface area contributed by atoms with Crippen molar-refractivity contribution in [2.75, 3.05) is 6.61 Å². The predicted molar refractivity (Wildman–Crippen MR) is 84.7 cm³/mol. The number of unbranched alkanes of at least 4 members (excludes halogenated alkanes) is 2. The highest BCUT2D eigenvalue weighted by Crippen LogP contribution is 2.32. The first-order chi connectivity index (χ1) is 8.19. The molecule has 0 heterocycles. The number of alkyl halides is 1. The van der Waals surface area contributed by atoms with E-state index < -0.39 is 0 Å². The van der Waals surface area contributed by atoms with Crippen molar-refractivity contribution in [3.05, 3.63) is 11.8 Å². The topological polar surface area (TPSA) is 2.70 Å². The highest BCUT2D eigenvalue weighted by molar-refractivity contribution is 14.1. The number of rotatable bonds is 7. The Hall–Kier alpha value is 0.270. The molecule has 0 bridgehead atoms. The van der Waals surface area contributed by atoms with Gasteiger partial charge in [-0.1, -0.05) is 27.2 Å². The SMILES string of the molecule is CCCCC[O+](C1=C[C@@H](C)CCC1)C(I)CC. The third kappa shape index (κ3) is 5.19. The van der Waals surface area contributed by atoms with Crippen molar-refractivity contribution >= 4 is 22.6 Å². The third-order valence-electron chi connectivity index (χ3n) is 3.49. The Balaban J connectivity index is 2.61. The summed E-state index contributed by atoms with van der Waals surface area (Å²) in [6, 6.07) is 0. The molecule has 0 saturated carbocycles. The quantitative estimate of drug-likeness (QED) is 0.243. The Morgan fingerprint density at radius 3 is 2.76 bits per heavy atom. The van der Waals surface area contributed by atoms with Gasteiger partial charge in [0.25, 0.3) is 0 Å². The fraction of sp³-hybridized carbons (Fsp3) is 0.867. The van der Waals surface area contributed by atoms with E-state index in [1.807, 2.05) is 0 Å². The lowest BCUT2D eigenvalue weighted by Crippen LogP contribution is -2.24. The van der Waals surface area contributed by atoms with E-state index in [1.165, 1.54) is 51.6 Å². The number of halogens is 1. The molecule has 0 saturated heterocycles. The summed E-state index contributed by atoms with van der Waals surface area (Å²) in [4.78, 5) is 0. The Morgan fingerprint density at radius 2 is 2.18 bits per heavy atom. The van der Waals surface area contributed by atoms with Gasteiger partial charge in [-0.15, -0.1) is 0 Å². The predicted octanol–water partition coefficient (Wildman–Crippen LogP) is 5.60. The minimum Gasteiger partial charge on any atom is -0.566 e. The maximum atomic E-state index is 3.57. The fourth-order valence-corrected chi connectivity index (χ4v) is 3.01. The summed E-state index contributed by atoms with van der Waals surface area (Å²) in [5.41, 5.74) is 0. The second kappa shape index (κ2) is 8.39. The first kappa shape index (κ1) is 15.3. The van der Waals surface area contributed by atoms with Crippen LogP contribution in [0, 0.1) is 5.92 Å². The number of hydrogen-bond acceptors (Lipinski definition) is 0. The van der Waals surface area contributed by atoms with Crippen molar-refractivity contribution in [3.63, 3.8) is 0 Å². The van der Waals surface area contributed by atoms with Crippen LogP contribution in [0.15, 0.2) is 11.8 Å². The minimum absolute atomic E-state index is 0.598. The van der Waals surface area contributed by atoms with Gasteiger partial charge in [-0.2, -0.15) is 0 Å². The van der Waals surface area contributed by atoms with Crippen LogP contribution in [0.25, 0.3) is 0 Å². The Bertz CT molecular complexity index is 237. The van der Waals surface area contributed by atoms with Gasteiger partial charge in [-0.3, -0.25) is 0 Å². The zero-order chi connectivity index (χ0) is 12.7. The van der Waals surface area contributed by atoms with Gasteiger partial charge in [0.2, 0.25) is 9.87 Å². The highest BCUT2D eigenvalue weighted by atomic mass is 127. The normalized spacial score (nSPS) is 22.1. The van der Waals surface area contributed by atoms with Crippen LogP contribution in [0.3, 0.4) is 0 Å². The average molecular weight is 351 g/mol. The molecule has 1 rings (SSSR count). The molecule has 100 valence electrons. The van der Waals surface area contributed by atoms with E-state index in [0.717, 1.165) is 5.92 Å². The van der Waals surface area contributed by atoms with Crippen LogP contribution in [0.4, 0.5) is 0 Å². The second-order valence-corrected chi connectivity index (χ2v) is 6.55. The molecule has 1 nitrogen and oxygen atoms in total. The van der Waals surface area contributed by atoms with E-state index in [4.69, 9.17) is 0 Å². The third-order valence-corrected chi connectivity index (χ3v) is 4.98. The summed E-state index contributed by atoms with van der Waals surface area (Å²) in [5.74, 6) is 2.31. The smallest absolute Gasteiger partial charge is 0.232 e. The van der Waals surface area contributed by atoms with Gasteiger partial charge in [0.1, 0.15) is 0 Å². The molecule has 0 radical (unpaired) electrons. The molecule has 17 heavy (non-hydrogen) atoms. The maximum absolute atomic E-state index is 3.57. The van der Waals surface area contributed by atoms with Gasteiger partial charge >= 0.3 is 0 Å². The Morgan fingerprint density at radius 1 is 1.41 bits per heavy atom. The second-order valence-electron chi connectivity index (χ2n) is 5.16. The first-order valence-corrected chi connectivity index (χ1v) is 8.48. The van der Waals surface area contributed by atoms with Gasteiger partial charge in [0.05, 0.1) is 6.42 Å². The number of allylic oxidation sites excluding steroid dienone is 2. The molecule has 0 spiro atoms. The summed E-state index contributed by atoms with van der Waals surface area (Å²) in [5, 5.41) is 0. The van der Waals surface area contributed by atoms with E-state index in [-0.39, 0.29) is 0 Å². The lowest BCUT2D eigenvalue weighted by atomic mass is 9.96. The molecule has 0 amide bonds. The van der Waals surface area contributed by atoms with Crippen LogP contribution < -0.4 is 0 Å². The molecule has 0 aromatic heterocycles. The van der Waals surface area contributed by atoms with Crippen LogP contribution >= 0.6 is 22.6 Å². The average Bonchev–Trinajstić information content (AvgIpc) is 2.34. The van der Waals surface area contributed by atoms with Crippen molar-refractivity contribution < 1.29 is 4.37 Å². The molecule has 0 aliphatic heterocycles. The van der Waals surface area contributed by atoms with Gasteiger partial charge in [-0.25, -0.2) is 0 Å². The largest absolute Gasteiger partial charge is 0.566 e. The summed E-state index contributed by atoms with van der Waals surface area (Å²) >= 11 is 2.58. The molecule has 0 aromatic rings. The summed E-state index contributed by atoms with van der Waals surface area (Å²) < 4.78 is 4.17. The van der Waals surface area contributed by atoms with Gasteiger partial charge < -0.3 is 4.37 Å². The van der Waals surface area contributed by atoms with E-state index in [9.17, 15) is 0 Å². The summed E-state index contributed by atoms with van der Waals surface area (Å²) in [6.07, 6.45) is 11.7. The molecular formula is C15H28IO+. The maximum Gasteiger partial charge on any atom is 0.232 e. The van der Waals surface area contributed by atoms with E-state index >= 15 is 0 Å². The summed E-state index contributed by atoms with van der Waals surface area (Å²) in [6.45, 7) is 8.08. The van der Waals surface area contributed by atoms with Crippen LogP contribution in [0.1, 0.15) is 65.7 Å². The van der Waals surface area contributed by atoms with Gasteiger partial charge in [-0.05, 0) is 25.2 Å². The van der Waals surface area contributed by atoms with Crippen LogP contribution in [0.5, 0.6) is 0 Å². The Labute approximate surface area is 121 Å². The monoisotopic (exact) mass is 351 g/mol. The van der Waals surface area contributed by atoms with Crippen molar-refractivity contribution in [1.29, 1.82) is 0 Å². The molecule has 2 heteroatoms. The molecule has 0 aromatic carbocycles. The highest BCUT2D eigenvalue weighted by Gasteiger charge is 2.25. The van der Waals surface area contributed by atoms with E-state index in [1.54, 1.807) is 5.76 Å². The molecule has 0 fully saturated rings. The molecule has 1 unspecified atom stereocenters. The van der Waals surface area contributed by atoms with Gasteiger partial charge in [0, 0.05) is 41.5 Å². The lowest BCUT2D eigenvalue weighted by molar-refractivity contribution is -0.103. The van der Waals surface area contributed by atoms with Crippen LogP contribution in [0.2, 0.25) is 0 Å². The van der Waals surface area contributed by atoms with Gasteiger partial charge in [0.15, 0.2) is 6.61 Å². The van der Waals surface area contributed by atoms with Crippen LogP contribution in [-0.4, -0.2) is 10.7 Å². The zero-order valence-corrected chi connectivity index (χ0v) is 13.8. The van der Waals surface area contributed by atoms with Crippen molar-refractivity contribution in [2.45, 2.75) is 69.8 Å². The van der Waals surface area contributed by atoms with Crippen molar-refractivity contribution in [1.82, 2.24) is 0 Å². The molecule has 0 N–H and O–H groups in total. The van der Waals surface area contributed by atoms with E-state index in [2.05, 4.69) is 53.8 Å². The summed E-state index contributed by atoms with van der Waals surface area (Å²) in [7, 11) is 0.